The Morgan fingerprint density at radius 3 is 2.94 bits per heavy atom. The molecule has 1 aromatic heterocycles. The SMILES string of the molecule is COCCN(C)C(=O)Nc1cccc(C)n1. The molecule has 0 fully saturated rings. The molecule has 0 aliphatic heterocycles. The van der Waals surface area contributed by atoms with Gasteiger partial charge in [-0.1, -0.05) is 6.07 Å². The number of likely N-dealkylation sites (N-methyl/N-ethyl adjacent to an activating group) is 1. The molecule has 0 saturated carbocycles. The number of aromatic nitrogens is 1. The Balaban J connectivity index is 2.50. The Morgan fingerprint density at radius 1 is 1.56 bits per heavy atom. The highest BCUT2D eigenvalue weighted by molar-refractivity contribution is 5.88. The van der Waals surface area contributed by atoms with E-state index >= 15 is 0 Å². The molecule has 0 atom stereocenters. The van der Waals surface area contributed by atoms with Crippen LogP contribution in [-0.2, 0) is 4.74 Å². The topological polar surface area (TPSA) is 54.5 Å². The van der Waals surface area contributed by atoms with Crippen LogP contribution in [0.5, 0.6) is 0 Å². The summed E-state index contributed by atoms with van der Waals surface area (Å²) in [6.45, 7) is 2.95. The molecule has 2 amide bonds. The van der Waals surface area contributed by atoms with E-state index in [9.17, 15) is 4.79 Å². The number of carbonyl (C=O) groups is 1. The van der Waals surface area contributed by atoms with E-state index < -0.39 is 0 Å². The highest BCUT2D eigenvalue weighted by Gasteiger charge is 2.08. The number of anilines is 1. The molecular weight excluding hydrogens is 206 g/mol. The molecule has 1 N–H and O–H groups in total. The van der Waals surface area contributed by atoms with Gasteiger partial charge in [-0.05, 0) is 19.1 Å². The zero-order valence-electron chi connectivity index (χ0n) is 9.86. The fourth-order valence-corrected chi connectivity index (χ4v) is 1.15. The van der Waals surface area contributed by atoms with Crippen LogP contribution in [0.25, 0.3) is 0 Å². The molecule has 1 heterocycles. The molecule has 0 bridgehead atoms. The third kappa shape index (κ3) is 3.86. The van der Waals surface area contributed by atoms with Crippen LogP contribution >= 0.6 is 0 Å². The van der Waals surface area contributed by atoms with Crippen molar-refractivity contribution in [3.8, 4) is 0 Å². The number of rotatable bonds is 4. The molecule has 0 radical (unpaired) electrons. The van der Waals surface area contributed by atoms with Crippen LogP contribution < -0.4 is 5.32 Å². The monoisotopic (exact) mass is 223 g/mol. The molecule has 1 aromatic rings. The van der Waals surface area contributed by atoms with E-state index in [4.69, 9.17) is 4.74 Å². The number of hydrogen-bond acceptors (Lipinski definition) is 3. The number of pyridine rings is 1. The smallest absolute Gasteiger partial charge is 0.322 e. The summed E-state index contributed by atoms with van der Waals surface area (Å²) in [6, 6.07) is 5.31. The van der Waals surface area contributed by atoms with Gasteiger partial charge in [0, 0.05) is 26.4 Å². The minimum Gasteiger partial charge on any atom is -0.383 e. The highest BCUT2D eigenvalue weighted by Crippen LogP contribution is 2.04. The molecule has 0 aromatic carbocycles. The van der Waals surface area contributed by atoms with Gasteiger partial charge in [-0.25, -0.2) is 9.78 Å². The van der Waals surface area contributed by atoms with Gasteiger partial charge in [-0.2, -0.15) is 0 Å². The molecular formula is C11H17N3O2. The Kier molecular flexibility index (Phi) is 4.72. The highest BCUT2D eigenvalue weighted by atomic mass is 16.5. The van der Waals surface area contributed by atoms with E-state index in [0.29, 0.717) is 19.0 Å². The largest absolute Gasteiger partial charge is 0.383 e. The average Bonchev–Trinajstić information content (AvgIpc) is 2.25. The van der Waals surface area contributed by atoms with Gasteiger partial charge in [0.05, 0.1) is 6.61 Å². The van der Waals surface area contributed by atoms with Gasteiger partial charge in [0.2, 0.25) is 0 Å². The number of aryl methyl sites for hydroxylation is 1. The van der Waals surface area contributed by atoms with Crippen molar-refractivity contribution >= 4 is 11.8 Å². The predicted molar refractivity (Wildman–Crippen MR) is 62.5 cm³/mol. The van der Waals surface area contributed by atoms with E-state index in [2.05, 4.69) is 10.3 Å². The number of nitrogens with zero attached hydrogens (tertiary/aromatic N) is 2. The van der Waals surface area contributed by atoms with Gasteiger partial charge in [-0.15, -0.1) is 0 Å². The molecule has 0 spiro atoms. The number of nitrogens with one attached hydrogen (secondary N) is 1. The molecule has 5 nitrogen and oxygen atoms in total. The maximum atomic E-state index is 11.6. The number of ether oxygens (including phenoxy) is 1. The Bertz CT molecular complexity index is 355. The van der Waals surface area contributed by atoms with Crippen LogP contribution in [0.2, 0.25) is 0 Å². The van der Waals surface area contributed by atoms with Crippen LogP contribution in [0.1, 0.15) is 5.69 Å². The summed E-state index contributed by atoms with van der Waals surface area (Å²) in [7, 11) is 3.32. The third-order valence-corrected chi connectivity index (χ3v) is 2.10. The molecule has 16 heavy (non-hydrogen) atoms. The first-order chi connectivity index (χ1) is 7.63. The number of carbonyl (C=O) groups excluding carboxylic acids is 1. The number of hydrogen-bond donors (Lipinski definition) is 1. The zero-order valence-corrected chi connectivity index (χ0v) is 9.86. The fraction of sp³-hybridized carbons (Fsp3) is 0.455. The van der Waals surface area contributed by atoms with Crippen molar-refractivity contribution in [2.45, 2.75) is 6.92 Å². The minimum atomic E-state index is -0.185. The summed E-state index contributed by atoms with van der Waals surface area (Å²) < 4.78 is 4.89. The Hall–Kier alpha value is -1.62. The van der Waals surface area contributed by atoms with Crippen LogP contribution in [0, 0.1) is 6.92 Å². The summed E-state index contributed by atoms with van der Waals surface area (Å²) in [4.78, 5) is 17.4. The lowest BCUT2D eigenvalue weighted by atomic mass is 10.4. The van der Waals surface area contributed by atoms with E-state index in [-0.39, 0.29) is 6.03 Å². The van der Waals surface area contributed by atoms with Crippen molar-refractivity contribution in [2.75, 3.05) is 32.6 Å². The molecule has 5 heteroatoms. The van der Waals surface area contributed by atoms with Gasteiger partial charge in [0.1, 0.15) is 5.82 Å². The second-order valence-electron chi connectivity index (χ2n) is 3.51. The van der Waals surface area contributed by atoms with Crippen molar-refractivity contribution < 1.29 is 9.53 Å². The van der Waals surface area contributed by atoms with Crippen molar-refractivity contribution in [3.05, 3.63) is 23.9 Å². The van der Waals surface area contributed by atoms with Gasteiger partial charge < -0.3 is 9.64 Å². The summed E-state index contributed by atoms with van der Waals surface area (Å²) in [5.41, 5.74) is 0.873. The minimum absolute atomic E-state index is 0.185. The lowest BCUT2D eigenvalue weighted by Crippen LogP contribution is -2.34. The van der Waals surface area contributed by atoms with Crippen molar-refractivity contribution in [1.29, 1.82) is 0 Å². The van der Waals surface area contributed by atoms with Crippen LogP contribution in [0.15, 0.2) is 18.2 Å². The van der Waals surface area contributed by atoms with Crippen LogP contribution in [0.3, 0.4) is 0 Å². The van der Waals surface area contributed by atoms with E-state index in [1.807, 2.05) is 19.1 Å². The molecule has 0 saturated heterocycles. The van der Waals surface area contributed by atoms with Crippen molar-refractivity contribution in [2.24, 2.45) is 0 Å². The molecule has 0 aliphatic rings. The molecule has 88 valence electrons. The van der Waals surface area contributed by atoms with E-state index in [0.717, 1.165) is 5.69 Å². The first-order valence-corrected chi connectivity index (χ1v) is 5.08. The second-order valence-corrected chi connectivity index (χ2v) is 3.51. The maximum Gasteiger partial charge on any atom is 0.322 e. The zero-order chi connectivity index (χ0) is 12.0. The molecule has 0 unspecified atom stereocenters. The standard InChI is InChI=1S/C11H17N3O2/c1-9-5-4-6-10(12-9)13-11(15)14(2)7-8-16-3/h4-6H,7-8H2,1-3H3,(H,12,13,15). The number of amides is 2. The predicted octanol–water partition coefficient (Wildman–Crippen LogP) is 1.50. The third-order valence-electron chi connectivity index (χ3n) is 2.10. The molecule has 0 aliphatic carbocycles. The average molecular weight is 223 g/mol. The van der Waals surface area contributed by atoms with Gasteiger partial charge in [0.25, 0.3) is 0 Å². The van der Waals surface area contributed by atoms with Gasteiger partial charge >= 0.3 is 6.03 Å². The van der Waals surface area contributed by atoms with Crippen LogP contribution in [-0.4, -0.2) is 43.2 Å². The lowest BCUT2D eigenvalue weighted by molar-refractivity contribution is 0.165. The normalized spacial score (nSPS) is 9.94. The summed E-state index contributed by atoms with van der Waals surface area (Å²) in [5, 5.41) is 2.71. The maximum absolute atomic E-state index is 11.6. The number of methoxy groups -OCH3 is 1. The molecule has 1 rings (SSSR count). The van der Waals surface area contributed by atoms with Crippen molar-refractivity contribution in [1.82, 2.24) is 9.88 Å². The van der Waals surface area contributed by atoms with E-state index in [1.54, 1.807) is 25.1 Å². The van der Waals surface area contributed by atoms with Crippen LogP contribution in [0.4, 0.5) is 10.6 Å². The second kappa shape index (κ2) is 6.07. The first kappa shape index (κ1) is 12.4. The van der Waals surface area contributed by atoms with E-state index in [1.165, 1.54) is 0 Å². The van der Waals surface area contributed by atoms with Gasteiger partial charge in [-0.3, -0.25) is 5.32 Å². The first-order valence-electron chi connectivity index (χ1n) is 5.08. The Labute approximate surface area is 95.4 Å². The summed E-state index contributed by atoms with van der Waals surface area (Å²) >= 11 is 0. The summed E-state index contributed by atoms with van der Waals surface area (Å²) in [5.74, 6) is 0.564. The van der Waals surface area contributed by atoms with Crippen molar-refractivity contribution in [3.63, 3.8) is 0 Å². The Morgan fingerprint density at radius 2 is 2.31 bits per heavy atom. The number of urea groups is 1. The quantitative estimate of drug-likeness (QED) is 0.841. The van der Waals surface area contributed by atoms with Gasteiger partial charge in [0.15, 0.2) is 0 Å². The fourth-order valence-electron chi connectivity index (χ4n) is 1.15. The lowest BCUT2D eigenvalue weighted by Gasteiger charge is -2.16. The summed E-state index contributed by atoms with van der Waals surface area (Å²) in [6.07, 6.45) is 0.